The zero-order valence-electron chi connectivity index (χ0n) is 24.8. The Morgan fingerprint density at radius 1 is 0.463 bits per heavy atom. The van der Waals surface area contributed by atoms with Gasteiger partial charge in [-0.1, -0.05) is 0 Å². The lowest BCUT2D eigenvalue weighted by atomic mass is 10.0. The van der Waals surface area contributed by atoms with E-state index in [-0.39, 0.29) is 6.61 Å². The molecular weight excluding hydrogens is 536 g/mol. The molecule has 0 aliphatic heterocycles. The minimum atomic E-state index is 0.0194. The maximum absolute atomic E-state index is 8.60. The first-order valence-electron chi connectivity index (χ1n) is 13.7. The van der Waals surface area contributed by atoms with Gasteiger partial charge in [-0.25, -0.2) is 0 Å². The molecule has 0 saturated heterocycles. The Kier molecular flexibility index (Phi) is 18.4. The summed E-state index contributed by atoms with van der Waals surface area (Å²) >= 11 is 0. The van der Waals surface area contributed by atoms with Crippen LogP contribution in [-0.4, -0.2) is 113 Å². The van der Waals surface area contributed by atoms with Crippen LogP contribution in [0.2, 0.25) is 0 Å². The Hall–Kier alpha value is -2.80. The van der Waals surface area contributed by atoms with Gasteiger partial charge in [0.25, 0.3) is 0 Å². The van der Waals surface area contributed by atoms with Crippen molar-refractivity contribution in [2.45, 2.75) is 12.8 Å². The Balaban J connectivity index is 1.63. The highest BCUT2D eigenvalue weighted by atomic mass is 16.6. The molecule has 0 amide bonds. The van der Waals surface area contributed by atoms with Crippen molar-refractivity contribution in [3.63, 3.8) is 0 Å². The number of aryl methyl sites for hydroxylation is 2. The van der Waals surface area contributed by atoms with Crippen LogP contribution in [-0.2, 0) is 36.5 Å². The number of hydrogen-bond donors (Lipinski definition) is 1. The van der Waals surface area contributed by atoms with Crippen LogP contribution in [0, 0.1) is 0 Å². The largest absolute Gasteiger partial charge is 0.497 e. The van der Waals surface area contributed by atoms with Crippen LogP contribution in [0.25, 0.3) is 0 Å². The van der Waals surface area contributed by atoms with E-state index in [1.165, 1.54) is 0 Å². The average molecular weight is 583 g/mol. The van der Waals surface area contributed by atoms with Gasteiger partial charge in [-0.2, -0.15) is 0 Å². The second kappa shape index (κ2) is 21.9. The number of methoxy groups -OCH3 is 4. The molecule has 11 heteroatoms. The van der Waals surface area contributed by atoms with Crippen molar-refractivity contribution in [3.05, 3.63) is 41.5 Å². The minimum Gasteiger partial charge on any atom is -0.497 e. The monoisotopic (exact) mass is 582 g/mol. The molecule has 2 rings (SSSR count). The molecule has 0 aromatic heterocycles. The van der Waals surface area contributed by atoms with Crippen LogP contribution in [0.3, 0.4) is 0 Å². The zero-order valence-corrected chi connectivity index (χ0v) is 24.8. The molecule has 0 heterocycles. The van der Waals surface area contributed by atoms with Gasteiger partial charge in [0.1, 0.15) is 18.1 Å². The fourth-order valence-corrected chi connectivity index (χ4v) is 3.77. The lowest BCUT2D eigenvalue weighted by Crippen LogP contribution is -2.14. The van der Waals surface area contributed by atoms with Gasteiger partial charge in [0.05, 0.1) is 101 Å². The van der Waals surface area contributed by atoms with Crippen LogP contribution in [0.1, 0.15) is 11.1 Å². The first-order valence-corrected chi connectivity index (χ1v) is 13.7. The van der Waals surface area contributed by atoms with Gasteiger partial charge in [0.2, 0.25) is 5.75 Å². The molecule has 0 fully saturated rings. The summed E-state index contributed by atoms with van der Waals surface area (Å²) < 4.78 is 54.9. The van der Waals surface area contributed by atoms with E-state index in [9.17, 15) is 0 Å². The van der Waals surface area contributed by atoms with Gasteiger partial charge in [-0.3, -0.25) is 0 Å². The van der Waals surface area contributed by atoms with Crippen molar-refractivity contribution >= 4 is 0 Å². The quantitative estimate of drug-likeness (QED) is 0.174. The standard InChI is InChI=1S/C30H46O11/c1-32-26-19-24(20-27(23-26)33-2)5-6-25-21-28(34-3)30(29(22-25)35-4)41-18-17-40-16-15-39-14-13-38-12-11-37-10-9-36-8-7-31/h19-23,31H,5-18H2,1-4H3. The number of rotatable bonds is 25. The topological polar surface area (TPSA) is 113 Å². The fourth-order valence-electron chi connectivity index (χ4n) is 3.77. The van der Waals surface area contributed by atoms with E-state index in [1.54, 1.807) is 28.4 Å². The second-order valence-corrected chi connectivity index (χ2v) is 8.68. The highest BCUT2D eigenvalue weighted by Crippen LogP contribution is 2.39. The molecule has 2 aromatic carbocycles. The van der Waals surface area contributed by atoms with Crippen LogP contribution in [0.4, 0.5) is 0 Å². The van der Waals surface area contributed by atoms with Crippen molar-refractivity contribution in [2.24, 2.45) is 0 Å². The van der Waals surface area contributed by atoms with Crippen molar-refractivity contribution in [1.82, 2.24) is 0 Å². The average Bonchev–Trinajstić information content (AvgIpc) is 3.01. The van der Waals surface area contributed by atoms with E-state index in [2.05, 4.69) is 0 Å². The normalized spacial score (nSPS) is 11.0. The summed E-state index contributed by atoms with van der Waals surface area (Å²) in [4.78, 5) is 0. The van der Waals surface area contributed by atoms with Gasteiger partial charge in [-0.15, -0.1) is 0 Å². The summed E-state index contributed by atoms with van der Waals surface area (Å²) in [6.07, 6.45) is 1.56. The van der Waals surface area contributed by atoms with E-state index in [0.29, 0.717) is 89.9 Å². The molecule has 0 radical (unpaired) electrons. The second-order valence-electron chi connectivity index (χ2n) is 8.68. The van der Waals surface area contributed by atoms with Crippen molar-refractivity contribution < 1.29 is 52.5 Å². The summed E-state index contributed by atoms with van der Waals surface area (Å²) in [5.41, 5.74) is 2.16. The molecule has 0 saturated carbocycles. The minimum absolute atomic E-state index is 0.0194. The zero-order chi connectivity index (χ0) is 29.5. The van der Waals surface area contributed by atoms with E-state index >= 15 is 0 Å². The van der Waals surface area contributed by atoms with Gasteiger partial charge < -0.3 is 52.5 Å². The number of ether oxygens (including phenoxy) is 10. The van der Waals surface area contributed by atoms with Gasteiger partial charge in [0.15, 0.2) is 11.5 Å². The summed E-state index contributed by atoms with van der Waals surface area (Å²) in [6.45, 7) is 4.87. The van der Waals surface area contributed by atoms with Crippen LogP contribution in [0.5, 0.6) is 28.7 Å². The predicted molar refractivity (Wildman–Crippen MR) is 153 cm³/mol. The molecule has 0 aliphatic rings. The third kappa shape index (κ3) is 14.1. The Labute approximate surface area is 243 Å². The van der Waals surface area contributed by atoms with E-state index < -0.39 is 0 Å². The molecule has 0 spiro atoms. The van der Waals surface area contributed by atoms with Crippen molar-refractivity contribution in [1.29, 1.82) is 0 Å². The summed E-state index contributed by atoms with van der Waals surface area (Å²) in [5.74, 6) is 3.27. The summed E-state index contributed by atoms with van der Waals surface area (Å²) in [6, 6.07) is 9.80. The van der Waals surface area contributed by atoms with E-state index in [4.69, 9.17) is 52.5 Å². The number of benzene rings is 2. The van der Waals surface area contributed by atoms with Gasteiger partial charge >= 0.3 is 0 Å². The molecule has 2 aromatic rings. The molecule has 0 bridgehead atoms. The lowest BCUT2D eigenvalue weighted by molar-refractivity contribution is -0.0147. The summed E-state index contributed by atoms with van der Waals surface area (Å²) in [5, 5.41) is 8.60. The maximum Gasteiger partial charge on any atom is 0.203 e. The van der Waals surface area contributed by atoms with Crippen molar-refractivity contribution in [2.75, 3.05) is 108 Å². The smallest absolute Gasteiger partial charge is 0.203 e. The molecule has 0 atom stereocenters. The third-order valence-corrected chi connectivity index (χ3v) is 5.83. The van der Waals surface area contributed by atoms with Crippen LogP contribution >= 0.6 is 0 Å². The summed E-state index contributed by atoms with van der Waals surface area (Å²) in [7, 11) is 6.51. The highest BCUT2D eigenvalue weighted by molar-refractivity contribution is 5.54. The third-order valence-electron chi connectivity index (χ3n) is 5.83. The first-order chi connectivity index (χ1) is 20.1. The highest BCUT2D eigenvalue weighted by Gasteiger charge is 2.15. The SMILES string of the molecule is COc1cc(CCc2cc(OC)c(OCCOCCOCCOCCOCCOCCO)c(OC)c2)cc(OC)c1. The fraction of sp³-hybridized carbons (Fsp3) is 0.600. The lowest BCUT2D eigenvalue weighted by Gasteiger charge is -2.16. The van der Waals surface area contributed by atoms with Gasteiger partial charge in [0, 0.05) is 6.07 Å². The van der Waals surface area contributed by atoms with Crippen LogP contribution in [0.15, 0.2) is 30.3 Å². The van der Waals surface area contributed by atoms with Gasteiger partial charge in [-0.05, 0) is 48.2 Å². The molecule has 0 unspecified atom stereocenters. The Morgan fingerprint density at radius 2 is 0.854 bits per heavy atom. The number of aliphatic hydroxyl groups is 1. The molecule has 0 aliphatic carbocycles. The molecular formula is C30H46O11. The first kappa shape index (κ1) is 34.4. The Bertz CT molecular complexity index is 907. The molecule has 1 N–H and O–H groups in total. The molecule has 232 valence electrons. The maximum atomic E-state index is 8.60. The van der Waals surface area contributed by atoms with Crippen LogP contribution < -0.4 is 23.7 Å². The number of aliphatic hydroxyl groups excluding tert-OH is 1. The Morgan fingerprint density at radius 3 is 1.24 bits per heavy atom. The van der Waals surface area contributed by atoms with E-state index in [0.717, 1.165) is 35.5 Å². The van der Waals surface area contributed by atoms with E-state index in [1.807, 2.05) is 30.3 Å². The van der Waals surface area contributed by atoms with Crippen molar-refractivity contribution in [3.8, 4) is 28.7 Å². The number of hydrogen-bond acceptors (Lipinski definition) is 11. The predicted octanol–water partition coefficient (Wildman–Crippen LogP) is 2.96. The molecule has 41 heavy (non-hydrogen) atoms. The molecule has 11 nitrogen and oxygen atoms in total.